The van der Waals surface area contributed by atoms with Crippen molar-refractivity contribution in [2.24, 2.45) is 0 Å². The van der Waals surface area contributed by atoms with E-state index in [4.69, 9.17) is 0 Å². The van der Waals surface area contributed by atoms with Crippen molar-refractivity contribution in [3.63, 3.8) is 0 Å². The van der Waals surface area contributed by atoms with Gasteiger partial charge in [-0.05, 0) is 52.3 Å². The molecule has 0 nitrogen and oxygen atoms in total. The van der Waals surface area contributed by atoms with Crippen LogP contribution < -0.4 is 0 Å². The average Bonchev–Trinajstić information content (AvgIpc) is 2.38. The van der Waals surface area contributed by atoms with Crippen LogP contribution in [-0.4, -0.2) is 0 Å². The van der Waals surface area contributed by atoms with Gasteiger partial charge in [0.1, 0.15) is 0 Å². The summed E-state index contributed by atoms with van der Waals surface area (Å²) in [6.45, 7) is 4.39. The van der Waals surface area contributed by atoms with Crippen molar-refractivity contribution in [1.29, 1.82) is 0 Å². The van der Waals surface area contributed by atoms with Gasteiger partial charge in [0.25, 0.3) is 0 Å². The van der Waals surface area contributed by atoms with E-state index in [0.717, 1.165) is 0 Å². The number of hydrogen-bond acceptors (Lipinski definition) is 0. The van der Waals surface area contributed by atoms with E-state index in [0.29, 0.717) is 5.92 Å². The average molecular weight is 348 g/mol. The first kappa shape index (κ1) is 13.3. The monoisotopic (exact) mass is 348 g/mol. The smallest absolute Gasteiger partial charge is 0.0168 e. The molecule has 0 radical (unpaired) electrons. The lowest BCUT2D eigenvalue weighted by Crippen LogP contribution is -1.92. The van der Waals surface area contributed by atoms with E-state index < -0.39 is 0 Å². The number of rotatable bonds is 3. The first-order valence-electron chi connectivity index (χ1n) is 6.17. The van der Waals surface area contributed by atoms with E-state index in [1.165, 1.54) is 20.3 Å². The first-order chi connectivity index (χ1) is 8.68. The fourth-order valence-corrected chi connectivity index (χ4v) is 2.85. The molecular weight excluding hydrogens is 331 g/mol. The molecule has 92 valence electrons. The van der Waals surface area contributed by atoms with Gasteiger partial charge in [-0.1, -0.05) is 61.5 Å². The summed E-state index contributed by atoms with van der Waals surface area (Å²) in [6.07, 6.45) is 4.50. The second-order valence-electron chi connectivity index (χ2n) is 4.53. The lowest BCUT2D eigenvalue weighted by molar-refractivity contribution is 0.964. The Labute approximate surface area is 123 Å². The SMILES string of the molecule is Cc1ccccc1/C=C\C(C)c1ccccc1I. The largest absolute Gasteiger partial charge is 0.0766 e. The zero-order chi connectivity index (χ0) is 13.0. The third-order valence-corrected chi connectivity index (χ3v) is 4.13. The van der Waals surface area contributed by atoms with Crippen molar-refractivity contribution >= 4 is 28.7 Å². The Hall–Kier alpha value is -1.09. The summed E-state index contributed by atoms with van der Waals surface area (Å²) in [5.41, 5.74) is 4.02. The number of benzene rings is 2. The molecule has 0 saturated heterocycles. The van der Waals surface area contributed by atoms with Gasteiger partial charge >= 0.3 is 0 Å². The molecule has 2 aromatic rings. The van der Waals surface area contributed by atoms with Crippen molar-refractivity contribution in [3.05, 3.63) is 74.9 Å². The zero-order valence-electron chi connectivity index (χ0n) is 10.7. The third-order valence-electron chi connectivity index (χ3n) is 3.15. The first-order valence-corrected chi connectivity index (χ1v) is 7.24. The molecule has 2 rings (SSSR count). The fraction of sp³-hybridized carbons (Fsp3) is 0.176. The zero-order valence-corrected chi connectivity index (χ0v) is 12.9. The molecule has 0 saturated carbocycles. The molecule has 2 aromatic carbocycles. The molecule has 0 fully saturated rings. The quantitative estimate of drug-likeness (QED) is 0.650. The molecule has 0 spiro atoms. The predicted molar refractivity (Wildman–Crippen MR) is 87.8 cm³/mol. The maximum Gasteiger partial charge on any atom is 0.0168 e. The van der Waals surface area contributed by atoms with Crippen molar-refractivity contribution < 1.29 is 0 Å². The Balaban J connectivity index is 2.20. The normalized spacial score (nSPS) is 12.8. The lowest BCUT2D eigenvalue weighted by atomic mass is 9.99. The Kier molecular flexibility index (Phi) is 4.59. The summed E-state index contributed by atoms with van der Waals surface area (Å²) in [5.74, 6) is 0.442. The van der Waals surface area contributed by atoms with Gasteiger partial charge in [0.15, 0.2) is 0 Å². The Morgan fingerprint density at radius 3 is 2.39 bits per heavy atom. The standard InChI is InChI=1S/C17H17I/c1-13-7-3-4-8-15(13)12-11-14(2)16-9-5-6-10-17(16)18/h3-12,14H,1-2H3/b12-11-. The molecule has 0 aromatic heterocycles. The molecule has 0 aliphatic heterocycles. The van der Waals surface area contributed by atoms with Gasteiger partial charge in [-0.15, -0.1) is 0 Å². The van der Waals surface area contributed by atoms with Crippen LogP contribution in [0.4, 0.5) is 0 Å². The van der Waals surface area contributed by atoms with Crippen LogP contribution in [0.15, 0.2) is 54.6 Å². The van der Waals surface area contributed by atoms with E-state index in [2.05, 4.69) is 97.1 Å². The Morgan fingerprint density at radius 2 is 1.67 bits per heavy atom. The topological polar surface area (TPSA) is 0 Å². The minimum atomic E-state index is 0.442. The fourth-order valence-electron chi connectivity index (χ4n) is 1.97. The molecule has 1 heteroatoms. The second-order valence-corrected chi connectivity index (χ2v) is 5.69. The molecule has 0 bridgehead atoms. The van der Waals surface area contributed by atoms with Crippen LogP contribution in [0.25, 0.3) is 6.08 Å². The second kappa shape index (κ2) is 6.19. The highest BCUT2D eigenvalue weighted by molar-refractivity contribution is 14.1. The number of halogens is 1. The molecular formula is C17H17I. The lowest BCUT2D eigenvalue weighted by Gasteiger charge is -2.09. The van der Waals surface area contributed by atoms with Crippen molar-refractivity contribution in [2.45, 2.75) is 19.8 Å². The van der Waals surface area contributed by atoms with Crippen LogP contribution in [0, 0.1) is 10.5 Å². The Bertz CT molecular complexity index is 555. The van der Waals surface area contributed by atoms with Gasteiger partial charge in [0.05, 0.1) is 0 Å². The molecule has 0 heterocycles. The number of allylic oxidation sites excluding steroid dienone is 1. The van der Waals surface area contributed by atoms with E-state index >= 15 is 0 Å². The summed E-state index contributed by atoms with van der Waals surface area (Å²) in [7, 11) is 0. The highest BCUT2D eigenvalue weighted by Crippen LogP contribution is 2.23. The van der Waals surface area contributed by atoms with E-state index in [9.17, 15) is 0 Å². The van der Waals surface area contributed by atoms with Gasteiger partial charge in [-0.3, -0.25) is 0 Å². The molecule has 0 aliphatic carbocycles. The molecule has 0 amide bonds. The molecule has 0 aliphatic rings. The summed E-state index contributed by atoms with van der Waals surface area (Å²) in [5, 5.41) is 0. The summed E-state index contributed by atoms with van der Waals surface area (Å²) in [6, 6.07) is 17.0. The van der Waals surface area contributed by atoms with E-state index in [1.807, 2.05) is 0 Å². The minimum absolute atomic E-state index is 0.442. The summed E-state index contributed by atoms with van der Waals surface area (Å²) < 4.78 is 1.33. The maximum atomic E-state index is 2.40. The minimum Gasteiger partial charge on any atom is -0.0766 e. The number of aryl methyl sites for hydroxylation is 1. The Morgan fingerprint density at radius 1 is 1.00 bits per heavy atom. The van der Waals surface area contributed by atoms with Crippen LogP contribution in [0.1, 0.15) is 29.5 Å². The van der Waals surface area contributed by atoms with E-state index in [1.54, 1.807) is 0 Å². The van der Waals surface area contributed by atoms with Crippen LogP contribution in [0.2, 0.25) is 0 Å². The maximum absolute atomic E-state index is 2.40. The molecule has 1 unspecified atom stereocenters. The van der Waals surface area contributed by atoms with Crippen LogP contribution >= 0.6 is 22.6 Å². The van der Waals surface area contributed by atoms with Crippen LogP contribution in [0.3, 0.4) is 0 Å². The summed E-state index contributed by atoms with van der Waals surface area (Å²) in [4.78, 5) is 0. The van der Waals surface area contributed by atoms with Gasteiger partial charge < -0.3 is 0 Å². The van der Waals surface area contributed by atoms with Crippen LogP contribution in [-0.2, 0) is 0 Å². The van der Waals surface area contributed by atoms with E-state index in [-0.39, 0.29) is 0 Å². The molecule has 0 N–H and O–H groups in total. The summed E-state index contributed by atoms with van der Waals surface area (Å²) >= 11 is 2.40. The number of hydrogen-bond donors (Lipinski definition) is 0. The van der Waals surface area contributed by atoms with Gasteiger partial charge in [-0.25, -0.2) is 0 Å². The predicted octanol–water partition coefficient (Wildman–Crippen LogP) is 5.42. The highest BCUT2D eigenvalue weighted by atomic mass is 127. The van der Waals surface area contributed by atoms with Crippen molar-refractivity contribution in [3.8, 4) is 0 Å². The molecule has 18 heavy (non-hydrogen) atoms. The van der Waals surface area contributed by atoms with Gasteiger partial charge in [-0.2, -0.15) is 0 Å². The van der Waals surface area contributed by atoms with Crippen molar-refractivity contribution in [2.75, 3.05) is 0 Å². The highest BCUT2D eigenvalue weighted by Gasteiger charge is 2.04. The van der Waals surface area contributed by atoms with Gasteiger partial charge in [0, 0.05) is 9.49 Å². The van der Waals surface area contributed by atoms with Crippen molar-refractivity contribution in [1.82, 2.24) is 0 Å². The van der Waals surface area contributed by atoms with Gasteiger partial charge in [0.2, 0.25) is 0 Å². The molecule has 1 atom stereocenters. The third kappa shape index (κ3) is 3.22. The van der Waals surface area contributed by atoms with Crippen LogP contribution in [0.5, 0.6) is 0 Å².